The maximum absolute atomic E-state index is 12.7. The Morgan fingerprint density at radius 3 is 1.65 bits per heavy atom. The summed E-state index contributed by atoms with van der Waals surface area (Å²) in [5.74, 6) is 0. The molecular weight excluding hydrogens is 229 g/mol. The fourth-order valence-corrected chi connectivity index (χ4v) is 1.60. The molecule has 0 aromatic carbocycles. The lowest BCUT2D eigenvalue weighted by molar-refractivity contribution is -0.235. The van der Waals surface area contributed by atoms with E-state index in [9.17, 15) is 13.2 Å². The molecule has 0 aliphatic carbocycles. The number of likely N-dealkylation sites (N-methyl/N-ethyl adjacent to an activating group) is 2. The van der Waals surface area contributed by atoms with E-state index in [1.54, 1.807) is 11.9 Å². The average Bonchev–Trinajstić information content (AvgIpc) is 2.28. The van der Waals surface area contributed by atoms with Crippen molar-refractivity contribution in [2.24, 2.45) is 0 Å². The van der Waals surface area contributed by atoms with Crippen LogP contribution in [-0.2, 0) is 0 Å². The van der Waals surface area contributed by atoms with Crippen LogP contribution in [0.2, 0.25) is 0 Å². The Kier molecular flexibility index (Phi) is 8.89. The zero-order valence-electron chi connectivity index (χ0n) is 12.1. The SMILES string of the molecule is CC.CC.CN1CCN(C)C(C)(C(F)(F)F)C1. The van der Waals surface area contributed by atoms with Crippen LogP contribution in [-0.4, -0.2) is 55.2 Å². The predicted molar refractivity (Wildman–Crippen MR) is 67.3 cm³/mol. The van der Waals surface area contributed by atoms with Crippen molar-refractivity contribution in [3.05, 3.63) is 0 Å². The van der Waals surface area contributed by atoms with Crippen molar-refractivity contribution in [3.63, 3.8) is 0 Å². The van der Waals surface area contributed by atoms with Crippen molar-refractivity contribution < 1.29 is 13.2 Å². The lowest BCUT2D eigenvalue weighted by atomic mass is 9.96. The van der Waals surface area contributed by atoms with Gasteiger partial charge >= 0.3 is 6.18 Å². The number of alkyl halides is 3. The number of hydrogen-bond donors (Lipinski definition) is 0. The molecule has 1 rings (SSSR count). The van der Waals surface area contributed by atoms with E-state index in [1.165, 1.54) is 18.9 Å². The Hall–Kier alpha value is -0.290. The number of nitrogens with zero attached hydrogens (tertiary/aromatic N) is 2. The largest absolute Gasteiger partial charge is 0.407 e. The molecule has 0 spiro atoms. The number of piperazine rings is 1. The summed E-state index contributed by atoms with van der Waals surface area (Å²) < 4.78 is 38.0. The number of halogens is 3. The van der Waals surface area contributed by atoms with E-state index >= 15 is 0 Å². The second-order valence-electron chi connectivity index (χ2n) is 3.93. The fraction of sp³-hybridized carbons (Fsp3) is 1.00. The fourth-order valence-electron chi connectivity index (χ4n) is 1.60. The molecule has 1 unspecified atom stereocenters. The van der Waals surface area contributed by atoms with Crippen LogP contribution in [0.5, 0.6) is 0 Å². The van der Waals surface area contributed by atoms with E-state index in [4.69, 9.17) is 0 Å². The van der Waals surface area contributed by atoms with E-state index in [2.05, 4.69) is 0 Å². The Morgan fingerprint density at radius 1 is 0.941 bits per heavy atom. The van der Waals surface area contributed by atoms with Gasteiger partial charge in [-0.15, -0.1) is 0 Å². The van der Waals surface area contributed by atoms with E-state index in [0.29, 0.717) is 13.1 Å². The highest BCUT2D eigenvalue weighted by atomic mass is 19.4. The molecule has 0 amide bonds. The minimum absolute atomic E-state index is 0.0486. The van der Waals surface area contributed by atoms with Crippen LogP contribution in [0.15, 0.2) is 0 Å². The Labute approximate surface area is 104 Å². The number of rotatable bonds is 0. The molecule has 1 aliphatic heterocycles. The molecule has 106 valence electrons. The molecule has 0 bridgehead atoms. The summed E-state index contributed by atoms with van der Waals surface area (Å²) in [6.07, 6.45) is -4.16. The smallest absolute Gasteiger partial charge is 0.303 e. The molecule has 5 heteroatoms. The molecule has 1 aliphatic rings. The van der Waals surface area contributed by atoms with Crippen molar-refractivity contribution in [1.82, 2.24) is 9.80 Å². The maximum Gasteiger partial charge on any atom is 0.407 e. The van der Waals surface area contributed by atoms with Crippen LogP contribution in [0.25, 0.3) is 0 Å². The van der Waals surface area contributed by atoms with Crippen molar-refractivity contribution in [2.45, 2.75) is 46.3 Å². The standard InChI is InChI=1S/C8H15F3N2.2C2H6/c1-7(8(9,10)11)6-12(2)4-5-13(7)3;2*1-2/h4-6H2,1-3H3;2*1-2H3. The second-order valence-corrected chi connectivity index (χ2v) is 3.93. The van der Waals surface area contributed by atoms with Gasteiger partial charge in [0.1, 0.15) is 5.54 Å². The minimum Gasteiger partial charge on any atom is -0.303 e. The van der Waals surface area contributed by atoms with Crippen LogP contribution in [0.3, 0.4) is 0 Å². The first kappa shape index (κ1) is 19.1. The highest BCUT2D eigenvalue weighted by Crippen LogP contribution is 2.36. The summed E-state index contributed by atoms with van der Waals surface area (Å²) in [5, 5.41) is 0. The highest BCUT2D eigenvalue weighted by molar-refractivity contribution is 4.97. The van der Waals surface area contributed by atoms with E-state index in [-0.39, 0.29) is 6.54 Å². The van der Waals surface area contributed by atoms with Crippen LogP contribution in [0, 0.1) is 0 Å². The van der Waals surface area contributed by atoms with Gasteiger partial charge in [0.25, 0.3) is 0 Å². The lowest BCUT2D eigenvalue weighted by Crippen LogP contribution is -2.65. The molecule has 0 saturated carbocycles. The molecule has 1 atom stereocenters. The van der Waals surface area contributed by atoms with Gasteiger partial charge in [-0.2, -0.15) is 13.2 Å². The van der Waals surface area contributed by atoms with Gasteiger partial charge in [0, 0.05) is 19.6 Å². The summed E-state index contributed by atoms with van der Waals surface area (Å²) in [4.78, 5) is 3.10. The van der Waals surface area contributed by atoms with E-state index in [0.717, 1.165) is 0 Å². The van der Waals surface area contributed by atoms with Gasteiger partial charge in [-0.3, -0.25) is 4.90 Å². The van der Waals surface area contributed by atoms with Crippen LogP contribution in [0.1, 0.15) is 34.6 Å². The minimum atomic E-state index is -4.16. The van der Waals surface area contributed by atoms with Crippen LogP contribution >= 0.6 is 0 Å². The summed E-state index contributed by atoms with van der Waals surface area (Å²) in [6, 6.07) is 0. The summed E-state index contributed by atoms with van der Waals surface area (Å²) in [7, 11) is 3.25. The first-order valence-electron chi connectivity index (χ1n) is 6.24. The van der Waals surface area contributed by atoms with Gasteiger partial charge in [-0.1, -0.05) is 27.7 Å². The third-order valence-corrected chi connectivity index (χ3v) is 2.85. The molecular formula is C12H27F3N2. The van der Waals surface area contributed by atoms with E-state index in [1.807, 2.05) is 27.7 Å². The van der Waals surface area contributed by atoms with Gasteiger partial charge in [0.15, 0.2) is 0 Å². The topological polar surface area (TPSA) is 6.48 Å². The van der Waals surface area contributed by atoms with Gasteiger partial charge in [0.05, 0.1) is 0 Å². The number of hydrogen-bond acceptors (Lipinski definition) is 2. The van der Waals surface area contributed by atoms with Crippen molar-refractivity contribution in [1.29, 1.82) is 0 Å². The second kappa shape index (κ2) is 7.93. The molecule has 0 radical (unpaired) electrons. The monoisotopic (exact) mass is 256 g/mol. The van der Waals surface area contributed by atoms with Gasteiger partial charge in [-0.25, -0.2) is 0 Å². The zero-order valence-corrected chi connectivity index (χ0v) is 12.1. The van der Waals surface area contributed by atoms with E-state index < -0.39 is 11.7 Å². The molecule has 1 heterocycles. The van der Waals surface area contributed by atoms with Crippen molar-refractivity contribution in [3.8, 4) is 0 Å². The van der Waals surface area contributed by atoms with Gasteiger partial charge in [0.2, 0.25) is 0 Å². The third-order valence-electron chi connectivity index (χ3n) is 2.85. The van der Waals surface area contributed by atoms with Crippen LogP contribution < -0.4 is 0 Å². The van der Waals surface area contributed by atoms with Crippen molar-refractivity contribution in [2.75, 3.05) is 33.7 Å². The zero-order chi connectivity index (χ0) is 14.3. The summed E-state index contributed by atoms with van der Waals surface area (Å²) in [5.41, 5.74) is -1.69. The lowest BCUT2D eigenvalue weighted by Gasteiger charge is -2.46. The van der Waals surface area contributed by atoms with Gasteiger partial charge in [-0.05, 0) is 21.0 Å². The van der Waals surface area contributed by atoms with Crippen molar-refractivity contribution >= 4 is 0 Å². The average molecular weight is 256 g/mol. The quantitative estimate of drug-likeness (QED) is 0.656. The highest BCUT2D eigenvalue weighted by Gasteiger charge is 2.55. The Balaban J connectivity index is 0. The Bertz CT molecular complexity index is 195. The first-order valence-corrected chi connectivity index (χ1v) is 6.24. The maximum atomic E-state index is 12.7. The molecule has 0 N–H and O–H groups in total. The molecule has 1 saturated heterocycles. The third kappa shape index (κ3) is 4.84. The predicted octanol–water partition coefficient (Wildman–Crippen LogP) is 3.24. The molecule has 0 aromatic rings. The normalized spacial score (nSPS) is 26.5. The first-order chi connectivity index (χ1) is 7.77. The Morgan fingerprint density at radius 2 is 1.35 bits per heavy atom. The molecule has 2 nitrogen and oxygen atoms in total. The summed E-state index contributed by atoms with van der Waals surface area (Å²) >= 11 is 0. The summed E-state index contributed by atoms with van der Waals surface area (Å²) in [6.45, 7) is 10.5. The molecule has 1 fully saturated rings. The van der Waals surface area contributed by atoms with Crippen LogP contribution in [0.4, 0.5) is 13.2 Å². The molecule has 0 aromatic heterocycles. The molecule has 17 heavy (non-hydrogen) atoms. The van der Waals surface area contributed by atoms with Gasteiger partial charge < -0.3 is 4.90 Å².